The lowest BCUT2D eigenvalue weighted by Crippen LogP contribution is -2.32. The van der Waals surface area contributed by atoms with E-state index in [4.69, 9.17) is 35.9 Å². The van der Waals surface area contributed by atoms with E-state index in [1.807, 2.05) is 110 Å². The van der Waals surface area contributed by atoms with Gasteiger partial charge in [0.15, 0.2) is 22.9 Å². The van der Waals surface area contributed by atoms with Gasteiger partial charge in [-0.05, 0) is 109 Å². The molecule has 9 heterocycles. The number of terminal acetylenes is 2. The number of hydrogen-bond acceptors (Lipinski definition) is 13. The molecular formula is C64H50BClN17O4. The van der Waals surface area contributed by atoms with Gasteiger partial charge in [-0.2, -0.15) is 10.2 Å². The molecule has 1 aliphatic rings. The van der Waals surface area contributed by atoms with E-state index in [0.717, 1.165) is 11.3 Å². The number of carbonyl (C=O) groups is 2. The van der Waals surface area contributed by atoms with Crippen molar-refractivity contribution in [1.82, 2.24) is 69.4 Å². The molecule has 0 saturated heterocycles. The van der Waals surface area contributed by atoms with E-state index in [9.17, 15) is 19.2 Å². The number of H-pyrrole nitrogens is 2. The van der Waals surface area contributed by atoms with E-state index in [-0.39, 0.29) is 42.3 Å². The zero-order chi connectivity index (χ0) is 60.3. The van der Waals surface area contributed by atoms with Crippen LogP contribution in [0.2, 0.25) is 5.02 Å². The first kappa shape index (κ1) is 59.6. The molecule has 12 aromatic rings. The summed E-state index contributed by atoms with van der Waals surface area (Å²) in [5.41, 5.74) is 18.0. The number of nitrogens with two attached hydrogens (primary N) is 2. The van der Waals surface area contributed by atoms with E-state index >= 15 is 0 Å². The Bertz CT molecular complexity index is 4840. The third-order valence-corrected chi connectivity index (χ3v) is 13.6. The fourth-order valence-corrected chi connectivity index (χ4v) is 9.58. The number of nitrogens with one attached hydrogen (secondary N) is 4. The SMILES string of the molecule is C#CC1=CC=NC1.C#Cc1ccn[nH]1.C[C@H](NC(=O)c1c(N)nn2cccnc12)c1cc2cccc(C#Cc3ccn[nH]3)c2c(=O)n1-c1ccccc1.C[C@H](NC(=O)c1c(N)nn2cccnc12)c1cc2cccc(Cl)c2c(=O)n1-c1ccccc1.[B]. The number of nitrogens with zero attached hydrogens (tertiary/aromatic N) is 11. The van der Waals surface area contributed by atoms with Crippen LogP contribution in [-0.4, -0.2) is 91.7 Å². The molecule has 425 valence electrons. The van der Waals surface area contributed by atoms with E-state index < -0.39 is 23.9 Å². The zero-order valence-electron chi connectivity index (χ0n) is 46.5. The number of anilines is 2. The number of aromatic nitrogens is 12. The number of nitrogen functional groups attached to an aromatic ring is 2. The van der Waals surface area contributed by atoms with Crippen molar-refractivity contribution in [3.05, 3.63) is 247 Å². The normalized spacial score (nSPS) is 11.8. The van der Waals surface area contributed by atoms with Crippen LogP contribution >= 0.6 is 11.6 Å². The minimum atomic E-state index is -0.576. The fraction of sp³-hybridized carbons (Fsp3) is 0.0781. The molecule has 0 spiro atoms. The van der Waals surface area contributed by atoms with Crippen LogP contribution in [0.5, 0.6) is 0 Å². The van der Waals surface area contributed by atoms with Gasteiger partial charge in [-0.3, -0.25) is 43.5 Å². The summed E-state index contributed by atoms with van der Waals surface area (Å²) in [6.07, 6.45) is 23.3. The largest absolute Gasteiger partial charge is 0.381 e. The van der Waals surface area contributed by atoms with Crippen LogP contribution in [0.4, 0.5) is 11.6 Å². The van der Waals surface area contributed by atoms with Crippen LogP contribution in [0.3, 0.4) is 0 Å². The number of para-hydroxylation sites is 2. The summed E-state index contributed by atoms with van der Waals surface area (Å²) >= 11 is 6.37. The molecule has 13 rings (SSSR count). The zero-order valence-corrected chi connectivity index (χ0v) is 47.3. The van der Waals surface area contributed by atoms with Crippen LogP contribution in [0.25, 0.3) is 44.2 Å². The monoisotopic (exact) mass is 1170 g/mol. The maximum absolute atomic E-state index is 14.1. The summed E-state index contributed by atoms with van der Waals surface area (Å²) in [5, 5.41) is 29.9. The Balaban J connectivity index is 0.000000169. The number of aromatic amines is 2. The van der Waals surface area contributed by atoms with Crippen molar-refractivity contribution in [2.24, 2.45) is 4.99 Å². The fourth-order valence-electron chi connectivity index (χ4n) is 9.32. The van der Waals surface area contributed by atoms with Crippen LogP contribution < -0.4 is 33.2 Å². The number of fused-ring (bicyclic) bond motifs is 4. The molecule has 4 aromatic carbocycles. The molecule has 0 fully saturated rings. The van der Waals surface area contributed by atoms with Gasteiger partial charge in [-0.1, -0.05) is 90.0 Å². The van der Waals surface area contributed by atoms with Crippen LogP contribution in [0.1, 0.15) is 75.0 Å². The van der Waals surface area contributed by atoms with Gasteiger partial charge < -0.3 is 22.1 Å². The smallest absolute Gasteiger partial charge is 0.264 e. The van der Waals surface area contributed by atoms with Gasteiger partial charge in [0.2, 0.25) is 0 Å². The lowest BCUT2D eigenvalue weighted by Gasteiger charge is -2.21. The first-order valence-electron chi connectivity index (χ1n) is 26.4. The highest BCUT2D eigenvalue weighted by molar-refractivity contribution is 6.35. The Labute approximate surface area is 503 Å². The van der Waals surface area contributed by atoms with Gasteiger partial charge in [0, 0.05) is 85.7 Å². The molecule has 1 aliphatic heterocycles. The van der Waals surface area contributed by atoms with E-state index in [1.54, 1.807) is 95.9 Å². The summed E-state index contributed by atoms with van der Waals surface area (Å²) in [6.45, 7) is 4.32. The highest BCUT2D eigenvalue weighted by Gasteiger charge is 2.26. The number of rotatable bonds is 8. The molecule has 8 aromatic heterocycles. The van der Waals surface area contributed by atoms with Gasteiger partial charge >= 0.3 is 0 Å². The Morgan fingerprint density at radius 2 is 1.13 bits per heavy atom. The number of benzene rings is 4. The first-order chi connectivity index (χ1) is 41.8. The third kappa shape index (κ3) is 12.9. The van der Waals surface area contributed by atoms with Crippen molar-refractivity contribution >= 4 is 82.5 Å². The molecular weight excluding hydrogens is 1120 g/mol. The Hall–Kier alpha value is -12.1. The predicted octanol–water partition coefficient (Wildman–Crippen LogP) is 7.63. The maximum Gasteiger partial charge on any atom is 0.264 e. The molecule has 0 unspecified atom stereocenters. The standard InChI is InChI=1S/C29H22N8O2.C24H19ClN6O2.C6H5N.C5H4N2.B/c1-18(33-28(38)25-26(30)35-36-16-6-14-31-27(25)36)23-17-20-8-5-7-19(11-12-21-13-15-32-34-21)24(20)29(39)37(23)22-9-3-2-4-10-22;1-14(28-23(32)20-21(26)29-30-12-6-11-27-22(20)30)18-13-15-7-5-10-17(25)19(15)24(33)31(18)16-8-3-2-4-9-16;1-2-6-3-4-7-5-6;1-2-5-3-4-6-7-5;/h2-10,13-18H,1H3,(H2,30,35)(H,32,34)(H,33,38);2-14H,1H3,(H2,26,29)(H,28,32);1,3-4H,5H2;1,3-4H,(H,6,7);/t18-;14-;;;/m00.../s1. The van der Waals surface area contributed by atoms with E-state index in [1.165, 1.54) is 9.03 Å². The van der Waals surface area contributed by atoms with Crippen molar-refractivity contribution in [3.8, 4) is 47.9 Å². The van der Waals surface area contributed by atoms with Crippen LogP contribution in [-0.2, 0) is 0 Å². The molecule has 0 saturated carbocycles. The molecule has 21 nitrogen and oxygen atoms in total. The van der Waals surface area contributed by atoms with E-state index in [2.05, 4.69) is 79.9 Å². The molecule has 2 amide bonds. The second-order valence-electron chi connectivity index (χ2n) is 18.9. The second-order valence-corrected chi connectivity index (χ2v) is 19.3. The van der Waals surface area contributed by atoms with Crippen molar-refractivity contribution in [2.75, 3.05) is 18.0 Å². The summed E-state index contributed by atoms with van der Waals surface area (Å²) in [7, 11) is 0. The number of carbonyl (C=O) groups excluding carboxylic acids is 2. The summed E-state index contributed by atoms with van der Waals surface area (Å²) in [4.78, 5) is 66.5. The summed E-state index contributed by atoms with van der Waals surface area (Å²) in [5.74, 6) is 10.3. The molecule has 87 heavy (non-hydrogen) atoms. The van der Waals surface area contributed by atoms with Gasteiger partial charge in [0.05, 0.1) is 34.4 Å². The third-order valence-electron chi connectivity index (χ3n) is 13.3. The van der Waals surface area contributed by atoms with Crippen molar-refractivity contribution in [1.29, 1.82) is 0 Å². The van der Waals surface area contributed by atoms with Gasteiger partial charge in [-0.15, -0.1) is 23.0 Å². The molecule has 23 heteroatoms. The average Bonchev–Trinajstić information content (AvgIpc) is 2.71. The van der Waals surface area contributed by atoms with Gasteiger partial charge in [0.25, 0.3) is 22.9 Å². The van der Waals surface area contributed by atoms with Crippen molar-refractivity contribution in [3.63, 3.8) is 0 Å². The Morgan fingerprint density at radius 1 is 0.621 bits per heavy atom. The average molecular weight is 1170 g/mol. The molecule has 3 radical (unpaired) electrons. The lowest BCUT2D eigenvalue weighted by molar-refractivity contribution is 0.0932. The number of amides is 2. The first-order valence-corrected chi connectivity index (χ1v) is 26.8. The van der Waals surface area contributed by atoms with Crippen molar-refractivity contribution in [2.45, 2.75) is 25.9 Å². The van der Waals surface area contributed by atoms with Gasteiger partial charge in [0.1, 0.15) is 22.5 Å². The Kier molecular flexibility index (Phi) is 18.4. The molecule has 0 aliphatic carbocycles. The molecule has 8 N–H and O–H groups in total. The highest BCUT2D eigenvalue weighted by Crippen LogP contribution is 2.28. The van der Waals surface area contributed by atoms with E-state index in [0.29, 0.717) is 78.4 Å². The van der Waals surface area contributed by atoms with Crippen molar-refractivity contribution < 1.29 is 9.59 Å². The highest BCUT2D eigenvalue weighted by atomic mass is 35.5. The predicted molar refractivity (Wildman–Crippen MR) is 338 cm³/mol. The summed E-state index contributed by atoms with van der Waals surface area (Å²) in [6, 6.07) is 38.8. The van der Waals surface area contributed by atoms with Gasteiger partial charge in [-0.25, -0.2) is 19.0 Å². The topological polar surface area (TPSA) is 284 Å². The molecule has 2 atom stereocenters. The number of aliphatic imine (C=N–C) groups is 1. The lowest BCUT2D eigenvalue weighted by atomic mass is 10.0. The van der Waals surface area contributed by atoms with Crippen LogP contribution in [0.15, 0.2) is 197 Å². The number of halogens is 1. The quantitative estimate of drug-likeness (QED) is 0.0633. The number of pyridine rings is 2. The molecule has 0 bridgehead atoms. The number of hydrogen-bond donors (Lipinski definition) is 6. The Morgan fingerprint density at radius 3 is 1.59 bits per heavy atom. The number of allylic oxidation sites excluding steroid dienone is 1. The minimum Gasteiger partial charge on any atom is -0.381 e. The summed E-state index contributed by atoms with van der Waals surface area (Å²) < 4.78 is 6.08. The maximum atomic E-state index is 14.1. The van der Waals surface area contributed by atoms with Crippen LogP contribution in [0, 0.1) is 36.5 Å². The minimum absolute atomic E-state index is 0. The second kappa shape index (κ2) is 26.9.